The summed E-state index contributed by atoms with van der Waals surface area (Å²) < 4.78 is 41.2. The number of nitrogens with zero attached hydrogens (tertiary/aromatic N) is 2. The summed E-state index contributed by atoms with van der Waals surface area (Å²) in [6.07, 6.45) is -2.87. The molecular weight excluding hydrogens is 499 g/mol. The number of nitriles is 1. The molecule has 204 valence electrons. The number of hydrogen-bond donors (Lipinski definition) is 3. The Morgan fingerprint density at radius 3 is 2.51 bits per heavy atom. The van der Waals surface area contributed by atoms with Crippen LogP contribution in [-0.4, -0.2) is 78.0 Å². The Kier molecular flexibility index (Phi) is 8.46. The molecule has 3 fully saturated rings. The number of amides is 4. The smallest absolute Gasteiger partial charge is 0.356 e. The number of carbonyl (C=O) groups excluding carboxylic acids is 5. The number of alkyl halides is 3. The van der Waals surface area contributed by atoms with Gasteiger partial charge in [0.2, 0.25) is 11.8 Å². The molecule has 0 bridgehead atoms. The number of rotatable bonds is 8. The van der Waals surface area contributed by atoms with Gasteiger partial charge in [-0.15, -0.1) is 13.2 Å². The lowest BCUT2D eigenvalue weighted by Gasteiger charge is -2.29. The van der Waals surface area contributed by atoms with Crippen LogP contribution in [0.5, 0.6) is 0 Å². The van der Waals surface area contributed by atoms with Crippen molar-refractivity contribution in [3.63, 3.8) is 0 Å². The first-order chi connectivity index (χ1) is 17.2. The van der Waals surface area contributed by atoms with E-state index in [0.717, 1.165) is 11.3 Å². The predicted molar refractivity (Wildman–Crippen MR) is 119 cm³/mol. The van der Waals surface area contributed by atoms with Crippen LogP contribution in [0.2, 0.25) is 0 Å². The molecule has 0 spiro atoms. The van der Waals surface area contributed by atoms with Crippen molar-refractivity contribution in [2.24, 2.45) is 17.8 Å². The van der Waals surface area contributed by atoms with Crippen LogP contribution >= 0.6 is 0 Å². The normalized spacial score (nSPS) is 26.2. The molecule has 3 rings (SSSR count). The standard InChI is InChI=1S/C23H30F3N5O6/c1-22(2,11-27)30-20(35)21(36)31-9-13-4-3-5-14(13)17(31)19(34)29-15(8-12-6-7-28-18(12)33)16(32)10-37-23(24,25)26/h12-15,17H,3-10H2,1-2H3,(H,28,33)(H,29,34)(H,30,35)/t12-,13-,14-,15-,17-/m0/s1. The highest BCUT2D eigenvalue weighted by Gasteiger charge is 2.51. The van der Waals surface area contributed by atoms with Gasteiger partial charge in [0.25, 0.3) is 0 Å². The van der Waals surface area contributed by atoms with Crippen LogP contribution in [0, 0.1) is 29.1 Å². The zero-order valence-electron chi connectivity index (χ0n) is 20.5. The third-order valence-corrected chi connectivity index (χ3v) is 7.09. The summed E-state index contributed by atoms with van der Waals surface area (Å²) in [6, 6.07) is -0.751. The molecule has 2 heterocycles. The first-order valence-corrected chi connectivity index (χ1v) is 12.1. The summed E-state index contributed by atoms with van der Waals surface area (Å²) in [6.45, 7) is 1.90. The fraction of sp³-hybridized carbons (Fsp3) is 0.739. The van der Waals surface area contributed by atoms with Gasteiger partial charge in [-0.3, -0.25) is 28.7 Å². The molecule has 37 heavy (non-hydrogen) atoms. The highest BCUT2D eigenvalue weighted by Crippen LogP contribution is 2.42. The van der Waals surface area contributed by atoms with Crippen LogP contribution < -0.4 is 16.0 Å². The molecule has 3 N–H and O–H groups in total. The zero-order chi connectivity index (χ0) is 27.5. The largest absolute Gasteiger partial charge is 0.522 e. The number of hydrogen-bond acceptors (Lipinski definition) is 7. The average Bonchev–Trinajstić information content (AvgIpc) is 3.51. The first kappa shape index (κ1) is 28.4. The van der Waals surface area contributed by atoms with E-state index in [0.29, 0.717) is 25.8 Å². The second-order valence-corrected chi connectivity index (χ2v) is 10.2. The molecule has 4 amide bonds. The Morgan fingerprint density at radius 1 is 1.22 bits per heavy atom. The second kappa shape index (κ2) is 11.0. The second-order valence-electron chi connectivity index (χ2n) is 10.2. The van der Waals surface area contributed by atoms with Gasteiger partial charge < -0.3 is 20.9 Å². The molecule has 2 saturated heterocycles. The van der Waals surface area contributed by atoms with Gasteiger partial charge in [0.05, 0.1) is 12.1 Å². The Labute approximate surface area is 211 Å². The maximum Gasteiger partial charge on any atom is 0.522 e. The van der Waals surface area contributed by atoms with Crippen LogP contribution in [0.3, 0.4) is 0 Å². The molecule has 3 aliphatic rings. The van der Waals surface area contributed by atoms with Crippen LogP contribution in [-0.2, 0) is 28.7 Å². The molecule has 0 unspecified atom stereocenters. The number of likely N-dealkylation sites (tertiary alicyclic amines) is 1. The van der Waals surface area contributed by atoms with Gasteiger partial charge in [0.15, 0.2) is 5.78 Å². The SMILES string of the molecule is CC(C)(C#N)NC(=O)C(=O)N1C[C@@H]2CCC[C@@H]2[C@H]1C(=O)N[C@@H](C[C@@H]1CCNC1=O)C(=O)COC(F)(F)F. The Hall–Kier alpha value is -3.21. The maximum absolute atomic E-state index is 13.4. The summed E-state index contributed by atoms with van der Waals surface area (Å²) in [5.41, 5.74) is -1.34. The van der Waals surface area contributed by atoms with Gasteiger partial charge in [0, 0.05) is 19.0 Å². The molecule has 0 aromatic carbocycles. The van der Waals surface area contributed by atoms with E-state index < -0.39 is 60.0 Å². The molecule has 0 aromatic heterocycles. The predicted octanol–water partition coefficient (Wildman–Crippen LogP) is 0.148. The van der Waals surface area contributed by atoms with Crippen molar-refractivity contribution in [1.29, 1.82) is 5.26 Å². The van der Waals surface area contributed by atoms with E-state index >= 15 is 0 Å². The number of nitrogens with one attached hydrogen (secondary N) is 3. The minimum Gasteiger partial charge on any atom is -0.356 e. The van der Waals surface area contributed by atoms with Gasteiger partial charge in [-0.05, 0) is 51.4 Å². The monoisotopic (exact) mass is 529 g/mol. The van der Waals surface area contributed by atoms with E-state index in [4.69, 9.17) is 5.26 Å². The summed E-state index contributed by atoms with van der Waals surface area (Å²) in [5.74, 6) is -5.41. The van der Waals surface area contributed by atoms with E-state index in [2.05, 4.69) is 20.7 Å². The molecule has 2 aliphatic heterocycles. The fourth-order valence-electron chi connectivity index (χ4n) is 5.28. The lowest BCUT2D eigenvalue weighted by molar-refractivity contribution is -0.321. The Morgan fingerprint density at radius 2 is 1.92 bits per heavy atom. The molecular formula is C23H30F3N5O6. The summed E-state index contributed by atoms with van der Waals surface area (Å²) in [4.78, 5) is 64.8. The van der Waals surface area contributed by atoms with E-state index in [1.165, 1.54) is 13.8 Å². The van der Waals surface area contributed by atoms with Crippen molar-refractivity contribution in [3.05, 3.63) is 0 Å². The van der Waals surface area contributed by atoms with Gasteiger partial charge in [-0.2, -0.15) is 5.26 Å². The number of fused-ring (bicyclic) bond motifs is 1. The van der Waals surface area contributed by atoms with Crippen molar-refractivity contribution >= 4 is 29.4 Å². The Bertz CT molecular complexity index is 994. The highest BCUT2D eigenvalue weighted by atomic mass is 19.4. The number of ether oxygens (including phenoxy) is 1. The fourth-order valence-corrected chi connectivity index (χ4v) is 5.28. The number of Topliss-reactive ketones (excluding diaryl/α,β-unsaturated/α-hetero) is 1. The molecule has 1 saturated carbocycles. The van der Waals surface area contributed by atoms with E-state index in [1.54, 1.807) is 0 Å². The minimum atomic E-state index is -5.06. The lowest BCUT2D eigenvalue weighted by Crippen LogP contribution is -2.57. The molecule has 0 radical (unpaired) electrons. The third kappa shape index (κ3) is 6.97. The molecule has 0 aromatic rings. The van der Waals surface area contributed by atoms with Gasteiger partial charge in [-0.1, -0.05) is 6.42 Å². The van der Waals surface area contributed by atoms with Gasteiger partial charge >= 0.3 is 18.2 Å². The molecule has 5 atom stereocenters. The van der Waals surface area contributed by atoms with E-state index in [9.17, 15) is 37.1 Å². The van der Waals surface area contributed by atoms with E-state index in [-0.39, 0.29) is 30.7 Å². The minimum absolute atomic E-state index is 0.0696. The van der Waals surface area contributed by atoms with Crippen molar-refractivity contribution in [2.75, 3.05) is 19.7 Å². The van der Waals surface area contributed by atoms with Gasteiger partial charge in [-0.25, -0.2) is 0 Å². The van der Waals surface area contributed by atoms with Crippen LogP contribution in [0.4, 0.5) is 13.2 Å². The molecule has 14 heteroatoms. The topological polar surface area (TPSA) is 158 Å². The average molecular weight is 530 g/mol. The van der Waals surface area contributed by atoms with Crippen molar-refractivity contribution < 1.29 is 41.9 Å². The summed E-state index contributed by atoms with van der Waals surface area (Å²) in [5, 5.41) is 16.5. The van der Waals surface area contributed by atoms with Crippen molar-refractivity contribution in [1.82, 2.24) is 20.9 Å². The quantitative estimate of drug-likeness (QED) is 0.378. The van der Waals surface area contributed by atoms with Crippen LogP contribution in [0.1, 0.15) is 46.0 Å². The van der Waals surface area contributed by atoms with Crippen LogP contribution in [0.15, 0.2) is 0 Å². The summed E-state index contributed by atoms with van der Waals surface area (Å²) in [7, 11) is 0. The number of carbonyl (C=O) groups is 5. The van der Waals surface area contributed by atoms with Gasteiger partial charge in [0.1, 0.15) is 18.2 Å². The first-order valence-electron chi connectivity index (χ1n) is 12.1. The molecule has 1 aliphatic carbocycles. The van der Waals surface area contributed by atoms with Crippen molar-refractivity contribution in [2.45, 2.75) is 69.9 Å². The third-order valence-electron chi connectivity index (χ3n) is 7.09. The highest BCUT2D eigenvalue weighted by molar-refractivity contribution is 6.35. The lowest BCUT2D eigenvalue weighted by atomic mass is 9.92. The number of ketones is 1. The maximum atomic E-state index is 13.4. The van der Waals surface area contributed by atoms with Crippen LogP contribution in [0.25, 0.3) is 0 Å². The van der Waals surface area contributed by atoms with Crippen molar-refractivity contribution in [3.8, 4) is 6.07 Å². The Balaban J connectivity index is 1.79. The zero-order valence-corrected chi connectivity index (χ0v) is 20.5. The van der Waals surface area contributed by atoms with E-state index in [1.807, 2.05) is 6.07 Å². The molecule has 11 nitrogen and oxygen atoms in total. The summed E-state index contributed by atoms with van der Waals surface area (Å²) >= 11 is 0. The number of halogens is 3.